The van der Waals surface area contributed by atoms with Crippen molar-refractivity contribution >= 4 is 51.0 Å². The number of pyridine rings is 1. The largest absolute Gasteiger partial charge is 0.352 e. The lowest BCUT2D eigenvalue weighted by Crippen LogP contribution is -2.37. The Balaban J connectivity index is 1.45. The van der Waals surface area contributed by atoms with E-state index in [9.17, 15) is 4.79 Å². The van der Waals surface area contributed by atoms with Gasteiger partial charge in [-0.3, -0.25) is 0 Å². The van der Waals surface area contributed by atoms with E-state index in [0.717, 1.165) is 47.4 Å². The van der Waals surface area contributed by atoms with Crippen LogP contribution in [0.15, 0.2) is 53.5 Å². The third-order valence-electron chi connectivity index (χ3n) is 4.75. The molecule has 3 rings (SSSR count). The van der Waals surface area contributed by atoms with Crippen LogP contribution in [0.3, 0.4) is 0 Å². The molecular formula is C22H25BrCl2N6O. The van der Waals surface area contributed by atoms with E-state index in [1.165, 1.54) is 0 Å². The van der Waals surface area contributed by atoms with Crippen molar-refractivity contribution in [1.29, 1.82) is 0 Å². The molecule has 0 radical (unpaired) electrons. The summed E-state index contributed by atoms with van der Waals surface area (Å²) in [4.78, 5) is 25.7. The summed E-state index contributed by atoms with van der Waals surface area (Å²) in [5.41, 5.74) is 2.10. The Labute approximate surface area is 206 Å². The number of aromatic nitrogens is 3. The van der Waals surface area contributed by atoms with Crippen LogP contribution in [0.25, 0.3) is 0 Å². The van der Waals surface area contributed by atoms with Gasteiger partial charge in [0.05, 0.1) is 16.4 Å². The fourth-order valence-electron chi connectivity index (χ4n) is 3.12. The first kappa shape index (κ1) is 24.4. The molecule has 0 spiro atoms. The third-order valence-corrected chi connectivity index (χ3v) is 5.95. The molecular weight excluding hydrogens is 515 g/mol. The number of nitrogens with one attached hydrogen (secondary N) is 3. The molecule has 3 N–H and O–H groups in total. The number of amides is 2. The highest BCUT2D eigenvalue weighted by atomic mass is 79.9. The molecule has 0 saturated carbocycles. The molecule has 0 saturated heterocycles. The van der Waals surface area contributed by atoms with Crippen LogP contribution in [0.5, 0.6) is 0 Å². The average Bonchev–Trinajstić information content (AvgIpc) is 3.30. The first-order chi connectivity index (χ1) is 15.5. The lowest BCUT2D eigenvalue weighted by molar-refractivity contribution is 0.240. The Hall–Kier alpha value is -2.29. The molecule has 3 aromatic rings. The van der Waals surface area contributed by atoms with E-state index in [4.69, 9.17) is 23.2 Å². The molecule has 32 heavy (non-hydrogen) atoms. The van der Waals surface area contributed by atoms with Crippen molar-refractivity contribution in [3.05, 3.63) is 74.8 Å². The number of nitrogens with zero attached hydrogens (tertiary/aromatic N) is 3. The first-order valence-electron chi connectivity index (χ1n) is 10.3. The second-order valence-electron chi connectivity index (χ2n) is 7.22. The molecule has 0 unspecified atom stereocenters. The molecule has 0 aliphatic heterocycles. The van der Waals surface area contributed by atoms with Crippen LogP contribution >= 0.6 is 39.1 Å². The number of carbonyl (C=O) groups excluding carboxylic acids is 1. The normalized spacial score (nSPS) is 10.7. The van der Waals surface area contributed by atoms with Crippen molar-refractivity contribution in [1.82, 2.24) is 25.6 Å². The number of imidazole rings is 1. The topological polar surface area (TPSA) is 85.9 Å². The predicted molar refractivity (Wildman–Crippen MR) is 132 cm³/mol. The van der Waals surface area contributed by atoms with E-state index >= 15 is 0 Å². The number of halogens is 3. The van der Waals surface area contributed by atoms with Crippen molar-refractivity contribution in [3.8, 4) is 0 Å². The molecule has 2 amide bonds. The summed E-state index contributed by atoms with van der Waals surface area (Å²) in [6, 6.07) is 9.37. The molecule has 0 atom stereocenters. The molecule has 2 heterocycles. The molecule has 2 aromatic heterocycles. The number of urea groups is 1. The Morgan fingerprint density at radius 1 is 1.06 bits per heavy atom. The standard InChI is InChI=1S/C22H25BrCl2N6O/c23-17-5-7-21(29-12-17)31(14-16-4-6-19(24)20(25)11-16)10-2-9-28-22(32)27-8-1-3-18-13-26-15-30-18/h4-7,11-13,15H,1-3,8-10,14H2,(H,26,30)(H2,27,28,32). The quantitative estimate of drug-likeness (QED) is 0.292. The molecule has 0 aliphatic carbocycles. The van der Waals surface area contributed by atoms with Crippen LogP contribution in [0.1, 0.15) is 24.1 Å². The van der Waals surface area contributed by atoms with Gasteiger partial charge in [0.2, 0.25) is 0 Å². The van der Waals surface area contributed by atoms with Crippen molar-refractivity contribution in [2.24, 2.45) is 0 Å². The molecule has 10 heteroatoms. The van der Waals surface area contributed by atoms with Gasteiger partial charge in [-0.15, -0.1) is 0 Å². The highest BCUT2D eigenvalue weighted by molar-refractivity contribution is 9.10. The highest BCUT2D eigenvalue weighted by Gasteiger charge is 2.11. The van der Waals surface area contributed by atoms with E-state index in [0.29, 0.717) is 29.7 Å². The summed E-state index contributed by atoms with van der Waals surface area (Å²) in [5.74, 6) is 0.850. The second-order valence-corrected chi connectivity index (χ2v) is 8.95. The van der Waals surface area contributed by atoms with Gasteiger partial charge in [0.25, 0.3) is 0 Å². The third kappa shape index (κ3) is 8.00. The van der Waals surface area contributed by atoms with E-state index in [1.807, 2.05) is 24.3 Å². The van der Waals surface area contributed by atoms with E-state index in [-0.39, 0.29) is 6.03 Å². The summed E-state index contributed by atoms with van der Waals surface area (Å²) in [5, 5.41) is 6.85. The van der Waals surface area contributed by atoms with E-state index in [1.54, 1.807) is 24.8 Å². The fourth-order valence-corrected chi connectivity index (χ4v) is 3.68. The molecule has 0 fully saturated rings. The molecule has 0 bridgehead atoms. The van der Waals surface area contributed by atoms with Crippen molar-refractivity contribution < 1.29 is 4.79 Å². The van der Waals surface area contributed by atoms with Gasteiger partial charge in [0.15, 0.2) is 0 Å². The fraction of sp³-hybridized carbons (Fsp3) is 0.318. The number of benzene rings is 1. The maximum Gasteiger partial charge on any atom is 0.314 e. The van der Waals surface area contributed by atoms with E-state index in [2.05, 4.69) is 46.4 Å². The number of H-pyrrole nitrogens is 1. The first-order valence-corrected chi connectivity index (χ1v) is 11.9. The molecule has 7 nitrogen and oxygen atoms in total. The predicted octanol–water partition coefficient (Wildman–Crippen LogP) is 5.20. The lowest BCUT2D eigenvalue weighted by atomic mass is 10.2. The van der Waals surface area contributed by atoms with Crippen molar-refractivity contribution in [3.63, 3.8) is 0 Å². The number of aryl methyl sites for hydroxylation is 1. The van der Waals surface area contributed by atoms with Gasteiger partial charge < -0.3 is 20.5 Å². The minimum absolute atomic E-state index is 0.160. The van der Waals surface area contributed by atoms with Gasteiger partial charge in [-0.1, -0.05) is 29.3 Å². The Morgan fingerprint density at radius 2 is 1.88 bits per heavy atom. The lowest BCUT2D eigenvalue weighted by Gasteiger charge is -2.24. The summed E-state index contributed by atoms with van der Waals surface area (Å²) in [6.07, 6.45) is 7.69. The number of aromatic amines is 1. The molecule has 0 aliphatic rings. The van der Waals surface area contributed by atoms with Crippen LogP contribution in [0.2, 0.25) is 10.0 Å². The smallest absolute Gasteiger partial charge is 0.314 e. The van der Waals surface area contributed by atoms with Gasteiger partial charge >= 0.3 is 6.03 Å². The highest BCUT2D eigenvalue weighted by Crippen LogP contribution is 2.24. The van der Waals surface area contributed by atoms with Gasteiger partial charge in [0, 0.05) is 48.7 Å². The maximum atomic E-state index is 12.0. The second kappa shape index (κ2) is 12.7. The SMILES string of the molecule is O=C(NCCCc1cnc[nH]1)NCCCN(Cc1ccc(Cl)c(Cl)c1)c1ccc(Br)cn1. The number of rotatable bonds is 11. The Morgan fingerprint density at radius 3 is 2.56 bits per heavy atom. The summed E-state index contributed by atoms with van der Waals surface area (Å²) >= 11 is 15.6. The summed E-state index contributed by atoms with van der Waals surface area (Å²) < 4.78 is 0.918. The minimum atomic E-state index is -0.160. The zero-order chi connectivity index (χ0) is 22.8. The zero-order valence-corrected chi connectivity index (χ0v) is 20.6. The zero-order valence-electron chi connectivity index (χ0n) is 17.5. The van der Waals surface area contributed by atoms with Gasteiger partial charge in [-0.2, -0.15) is 0 Å². The number of hydrogen-bond acceptors (Lipinski definition) is 4. The molecule has 170 valence electrons. The van der Waals surface area contributed by atoms with Crippen molar-refractivity contribution in [2.75, 3.05) is 24.5 Å². The number of anilines is 1. The molecule has 1 aromatic carbocycles. The minimum Gasteiger partial charge on any atom is -0.352 e. The van der Waals surface area contributed by atoms with Crippen LogP contribution in [0.4, 0.5) is 10.6 Å². The van der Waals surface area contributed by atoms with Crippen LogP contribution in [-0.4, -0.2) is 40.6 Å². The van der Waals surface area contributed by atoms with Gasteiger partial charge in [-0.25, -0.2) is 14.8 Å². The van der Waals surface area contributed by atoms with Gasteiger partial charge in [0.1, 0.15) is 5.82 Å². The van der Waals surface area contributed by atoms with Gasteiger partial charge in [-0.05, 0) is 65.0 Å². The summed E-state index contributed by atoms with van der Waals surface area (Å²) in [7, 11) is 0. The number of carbonyl (C=O) groups is 1. The summed E-state index contributed by atoms with van der Waals surface area (Å²) in [6.45, 7) is 2.51. The van der Waals surface area contributed by atoms with Crippen LogP contribution in [-0.2, 0) is 13.0 Å². The average molecular weight is 540 g/mol. The van der Waals surface area contributed by atoms with E-state index < -0.39 is 0 Å². The number of hydrogen-bond donors (Lipinski definition) is 3. The van der Waals surface area contributed by atoms with Crippen LogP contribution < -0.4 is 15.5 Å². The maximum absolute atomic E-state index is 12.0. The van der Waals surface area contributed by atoms with Crippen LogP contribution in [0, 0.1) is 0 Å². The Bertz CT molecular complexity index is 985. The van der Waals surface area contributed by atoms with Crippen molar-refractivity contribution in [2.45, 2.75) is 25.8 Å². The monoisotopic (exact) mass is 538 g/mol. The Kier molecular flexibility index (Phi) is 9.64.